The molecule has 0 spiro atoms. The largest absolute Gasteiger partial charge is 0.497 e. The molecule has 0 aliphatic heterocycles. The van der Waals surface area contributed by atoms with Gasteiger partial charge in [-0.15, -0.1) is 0 Å². The van der Waals surface area contributed by atoms with Crippen LogP contribution in [0.1, 0.15) is 18.5 Å². The van der Waals surface area contributed by atoms with Crippen molar-refractivity contribution < 1.29 is 9.57 Å². The predicted octanol–water partition coefficient (Wildman–Crippen LogP) is 1.91. The third kappa shape index (κ3) is 2.72. The van der Waals surface area contributed by atoms with Crippen LogP contribution in [0.3, 0.4) is 0 Å². The van der Waals surface area contributed by atoms with Gasteiger partial charge in [-0.1, -0.05) is 12.1 Å². The first-order chi connectivity index (χ1) is 6.27. The second-order valence-electron chi connectivity index (χ2n) is 2.82. The van der Waals surface area contributed by atoms with Crippen LogP contribution in [0.5, 0.6) is 5.75 Å². The zero-order chi connectivity index (χ0) is 9.68. The first kappa shape index (κ1) is 10.0. The summed E-state index contributed by atoms with van der Waals surface area (Å²) in [5.74, 6) is 0.863. The van der Waals surface area contributed by atoms with Crippen LogP contribution in [0.25, 0.3) is 0 Å². The van der Waals surface area contributed by atoms with E-state index in [-0.39, 0.29) is 6.04 Å². The Morgan fingerprint density at radius 3 is 2.69 bits per heavy atom. The average molecular weight is 181 g/mol. The third-order valence-electron chi connectivity index (χ3n) is 1.89. The molecule has 3 nitrogen and oxygen atoms in total. The molecule has 13 heavy (non-hydrogen) atoms. The number of hydrogen-bond acceptors (Lipinski definition) is 3. The molecule has 0 bridgehead atoms. The number of rotatable bonds is 4. The summed E-state index contributed by atoms with van der Waals surface area (Å²) in [4.78, 5) is 4.84. The van der Waals surface area contributed by atoms with Crippen molar-refractivity contribution >= 4 is 0 Å². The van der Waals surface area contributed by atoms with Gasteiger partial charge in [-0.25, -0.2) is 0 Å². The van der Waals surface area contributed by atoms with E-state index >= 15 is 0 Å². The quantitative estimate of drug-likeness (QED) is 0.720. The van der Waals surface area contributed by atoms with Crippen molar-refractivity contribution in [2.24, 2.45) is 0 Å². The van der Waals surface area contributed by atoms with Crippen LogP contribution < -0.4 is 10.2 Å². The van der Waals surface area contributed by atoms with Crippen LogP contribution >= 0.6 is 0 Å². The Labute approximate surface area is 78.6 Å². The Morgan fingerprint density at radius 2 is 2.08 bits per heavy atom. The fraction of sp³-hybridized carbons (Fsp3) is 0.400. The molecule has 0 aliphatic carbocycles. The molecule has 72 valence electrons. The lowest BCUT2D eigenvalue weighted by Crippen LogP contribution is -2.16. The van der Waals surface area contributed by atoms with Crippen molar-refractivity contribution in [3.8, 4) is 5.75 Å². The Bertz CT molecular complexity index is 263. The normalized spacial score (nSPS) is 12.5. The highest BCUT2D eigenvalue weighted by Crippen LogP contribution is 2.18. The minimum atomic E-state index is 0.167. The lowest BCUT2D eigenvalue weighted by atomic mass is 10.1. The maximum atomic E-state index is 5.11. The van der Waals surface area contributed by atoms with E-state index in [0.717, 1.165) is 11.3 Å². The maximum absolute atomic E-state index is 5.11. The number of methoxy groups -OCH3 is 1. The van der Waals surface area contributed by atoms with Crippen molar-refractivity contribution in [2.45, 2.75) is 13.0 Å². The molecule has 0 amide bonds. The lowest BCUT2D eigenvalue weighted by molar-refractivity contribution is 0.0658. The second kappa shape index (κ2) is 4.84. The van der Waals surface area contributed by atoms with Gasteiger partial charge in [-0.3, -0.25) is 0 Å². The van der Waals surface area contributed by atoms with Crippen molar-refractivity contribution in [3.63, 3.8) is 0 Å². The van der Waals surface area contributed by atoms with Crippen LogP contribution in [0.4, 0.5) is 0 Å². The Kier molecular flexibility index (Phi) is 3.73. The second-order valence-corrected chi connectivity index (χ2v) is 2.82. The summed E-state index contributed by atoms with van der Waals surface area (Å²) >= 11 is 0. The summed E-state index contributed by atoms with van der Waals surface area (Å²) < 4.78 is 5.11. The average Bonchev–Trinajstić information content (AvgIpc) is 2.18. The Morgan fingerprint density at radius 1 is 1.31 bits per heavy atom. The summed E-state index contributed by atoms with van der Waals surface area (Å²) in [6, 6.07) is 8.06. The topological polar surface area (TPSA) is 30.5 Å². The van der Waals surface area contributed by atoms with Gasteiger partial charge in [-0.05, 0) is 24.6 Å². The van der Waals surface area contributed by atoms with Gasteiger partial charge < -0.3 is 9.57 Å². The Hall–Kier alpha value is -1.06. The fourth-order valence-corrected chi connectivity index (χ4v) is 1.16. The SMILES string of the molecule is CONC(C)c1cccc(OC)c1. The van der Waals surface area contributed by atoms with E-state index in [1.807, 2.05) is 31.2 Å². The number of ether oxygens (including phenoxy) is 1. The molecule has 0 radical (unpaired) electrons. The Balaban J connectivity index is 2.75. The van der Waals surface area contributed by atoms with Crippen LogP contribution in [0.15, 0.2) is 24.3 Å². The van der Waals surface area contributed by atoms with E-state index in [0.29, 0.717) is 0 Å². The minimum absolute atomic E-state index is 0.167. The van der Waals surface area contributed by atoms with Gasteiger partial charge in [0.15, 0.2) is 0 Å². The number of hydroxylamine groups is 1. The van der Waals surface area contributed by atoms with Crippen molar-refractivity contribution in [2.75, 3.05) is 14.2 Å². The summed E-state index contributed by atoms with van der Waals surface area (Å²) in [5, 5.41) is 0. The number of nitrogens with one attached hydrogen (secondary N) is 1. The van der Waals surface area contributed by atoms with Crippen LogP contribution in [-0.2, 0) is 4.84 Å². The van der Waals surface area contributed by atoms with Gasteiger partial charge in [-0.2, -0.15) is 5.48 Å². The van der Waals surface area contributed by atoms with Crippen LogP contribution in [0, 0.1) is 0 Å². The van der Waals surface area contributed by atoms with E-state index in [2.05, 4.69) is 5.48 Å². The van der Waals surface area contributed by atoms with E-state index in [1.165, 1.54) is 0 Å². The minimum Gasteiger partial charge on any atom is -0.497 e. The molecule has 1 aromatic rings. The molecule has 0 fully saturated rings. The van der Waals surface area contributed by atoms with Crippen molar-refractivity contribution in [1.82, 2.24) is 5.48 Å². The standard InChI is InChI=1S/C10H15NO2/c1-8(11-13-3)9-5-4-6-10(7-9)12-2/h4-8,11H,1-3H3. The summed E-state index contributed by atoms with van der Waals surface area (Å²) in [5.41, 5.74) is 4.00. The number of hydrogen-bond donors (Lipinski definition) is 1. The summed E-state index contributed by atoms with van der Waals surface area (Å²) in [6.07, 6.45) is 0. The molecular weight excluding hydrogens is 166 g/mol. The molecule has 1 rings (SSSR count). The highest BCUT2D eigenvalue weighted by molar-refractivity contribution is 5.29. The van der Waals surface area contributed by atoms with E-state index < -0.39 is 0 Å². The molecule has 1 atom stereocenters. The molecule has 1 aromatic carbocycles. The van der Waals surface area contributed by atoms with Gasteiger partial charge in [0.05, 0.1) is 20.3 Å². The molecule has 0 saturated carbocycles. The molecular formula is C10H15NO2. The smallest absolute Gasteiger partial charge is 0.119 e. The molecule has 1 unspecified atom stereocenters. The summed E-state index contributed by atoms with van der Waals surface area (Å²) in [7, 11) is 3.27. The van der Waals surface area contributed by atoms with Gasteiger partial charge >= 0.3 is 0 Å². The van der Waals surface area contributed by atoms with Gasteiger partial charge in [0.25, 0.3) is 0 Å². The number of benzene rings is 1. The van der Waals surface area contributed by atoms with E-state index in [4.69, 9.17) is 9.57 Å². The monoisotopic (exact) mass is 181 g/mol. The van der Waals surface area contributed by atoms with Gasteiger partial charge in [0.2, 0.25) is 0 Å². The molecule has 0 saturated heterocycles. The highest BCUT2D eigenvalue weighted by atomic mass is 16.6. The van der Waals surface area contributed by atoms with Gasteiger partial charge in [0.1, 0.15) is 5.75 Å². The lowest BCUT2D eigenvalue weighted by Gasteiger charge is -2.12. The zero-order valence-electron chi connectivity index (χ0n) is 8.20. The molecule has 0 aliphatic rings. The van der Waals surface area contributed by atoms with Crippen LogP contribution in [-0.4, -0.2) is 14.2 Å². The predicted molar refractivity (Wildman–Crippen MR) is 51.6 cm³/mol. The zero-order valence-corrected chi connectivity index (χ0v) is 8.20. The first-order valence-electron chi connectivity index (χ1n) is 4.20. The summed E-state index contributed by atoms with van der Waals surface area (Å²) in [6.45, 7) is 2.03. The molecule has 3 heteroatoms. The van der Waals surface area contributed by atoms with Crippen molar-refractivity contribution in [1.29, 1.82) is 0 Å². The van der Waals surface area contributed by atoms with E-state index in [9.17, 15) is 0 Å². The first-order valence-corrected chi connectivity index (χ1v) is 4.20. The maximum Gasteiger partial charge on any atom is 0.119 e. The third-order valence-corrected chi connectivity index (χ3v) is 1.89. The highest BCUT2D eigenvalue weighted by Gasteiger charge is 2.04. The van der Waals surface area contributed by atoms with Crippen LogP contribution in [0.2, 0.25) is 0 Å². The van der Waals surface area contributed by atoms with Crippen molar-refractivity contribution in [3.05, 3.63) is 29.8 Å². The molecule has 0 heterocycles. The van der Waals surface area contributed by atoms with Gasteiger partial charge in [0, 0.05) is 0 Å². The van der Waals surface area contributed by atoms with E-state index in [1.54, 1.807) is 14.2 Å². The molecule has 1 N–H and O–H groups in total. The fourth-order valence-electron chi connectivity index (χ4n) is 1.16. The molecule has 0 aromatic heterocycles.